The Labute approximate surface area is 191 Å². The highest BCUT2D eigenvalue weighted by molar-refractivity contribution is 6.00. The number of aromatic nitrogens is 3. The number of anilines is 2. The summed E-state index contributed by atoms with van der Waals surface area (Å²) >= 11 is 0. The van der Waals surface area contributed by atoms with Crippen LogP contribution in [-0.4, -0.2) is 27.9 Å². The van der Waals surface area contributed by atoms with Crippen molar-refractivity contribution in [1.82, 2.24) is 20.1 Å². The first kappa shape index (κ1) is 19.8. The third kappa shape index (κ3) is 3.70. The topological polar surface area (TPSA) is 93.9 Å². The molecular weight excluding hydrogens is 412 g/mol. The Morgan fingerprint density at radius 1 is 1.06 bits per heavy atom. The zero-order valence-corrected chi connectivity index (χ0v) is 18.3. The minimum absolute atomic E-state index is 0.369. The Bertz CT molecular complexity index is 1380. The van der Waals surface area contributed by atoms with Gasteiger partial charge < -0.3 is 20.8 Å². The summed E-state index contributed by atoms with van der Waals surface area (Å²) in [6.07, 6.45) is 3.89. The number of nitrogens with one attached hydrogen (secondary N) is 2. The quantitative estimate of drug-likeness (QED) is 0.359. The number of benzene rings is 2. The highest BCUT2D eigenvalue weighted by Gasteiger charge is 2.22. The van der Waals surface area contributed by atoms with E-state index in [9.17, 15) is 0 Å². The van der Waals surface area contributed by atoms with Gasteiger partial charge >= 0.3 is 0 Å². The molecule has 2 aromatic carbocycles. The number of furan rings is 1. The van der Waals surface area contributed by atoms with Crippen LogP contribution in [0.25, 0.3) is 33.1 Å². The molecule has 4 N–H and O–H groups in total. The minimum atomic E-state index is 0.369. The molecule has 0 bridgehead atoms. The van der Waals surface area contributed by atoms with Gasteiger partial charge in [0.15, 0.2) is 0 Å². The number of hydrogen-bond acceptors (Lipinski definition) is 6. The predicted molar refractivity (Wildman–Crippen MR) is 132 cm³/mol. The number of nitrogens with two attached hydrogens (primary N) is 1. The van der Waals surface area contributed by atoms with Gasteiger partial charge in [-0.05, 0) is 56.3 Å². The number of para-hydroxylation sites is 1. The van der Waals surface area contributed by atoms with Crippen LogP contribution in [0.4, 0.5) is 11.5 Å². The molecule has 1 aliphatic heterocycles. The first-order valence-electron chi connectivity index (χ1n) is 11.4. The van der Waals surface area contributed by atoms with Gasteiger partial charge in [-0.15, -0.1) is 0 Å². The first-order valence-corrected chi connectivity index (χ1v) is 11.4. The molecule has 0 amide bonds. The maximum Gasteiger partial charge on any atom is 0.135 e. The second-order valence-electron chi connectivity index (χ2n) is 8.55. The first-order chi connectivity index (χ1) is 16.3. The van der Waals surface area contributed by atoms with Gasteiger partial charge in [-0.25, -0.2) is 4.98 Å². The molecule has 0 atom stereocenters. The number of fused-ring (bicyclic) bond motifs is 2. The van der Waals surface area contributed by atoms with Crippen molar-refractivity contribution in [2.45, 2.75) is 25.4 Å². The lowest BCUT2D eigenvalue weighted by molar-refractivity contribution is 0.352. The molecule has 4 heterocycles. The molecule has 33 heavy (non-hydrogen) atoms. The molecule has 0 saturated carbocycles. The van der Waals surface area contributed by atoms with E-state index in [-0.39, 0.29) is 0 Å². The van der Waals surface area contributed by atoms with Crippen LogP contribution < -0.4 is 16.4 Å². The summed E-state index contributed by atoms with van der Waals surface area (Å²) in [7, 11) is 0. The van der Waals surface area contributed by atoms with E-state index >= 15 is 0 Å². The molecule has 0 radical (unpaired) electrons. The second kappa shape index (κ2) is 8.26. The fourth-order valence-electron chi connectivity index (χ4n) is 4.70. The van der Waals surface area contributed by atoms with E-state index in [0.717, 1.165) is 70.5 Å². The summed E-state index contributed by atoms with van der Waals surface area (Å²) < 4.78 is 8.05. The molecule has 0 aliphatic carbocycles. The van der Waals surface area contributed by atoms with Gasteiger partial charge in [-0.3, -0.25) is 4.68 Å². The molecule has 7 heteroatoms. The summed E-state index contributed by atoms with van der Waals surface area (Å²) in [6.45, 7) is 2.64. The smallest absolute Gasteiger partial charge is 0.135 e. The van der Waals surface area contributed by atoms with E-state index in [1.165, 1.54) is 0 Å². The maximum atomic E-state index is 6.31. The Hall–Kier alpha value is -3.84. The third-order valence-corrected chi connectivity index (χ3v) is 6.41. The number of hydrogen-bond donors (Lipinski definition) is 3. The van der Waals surface area contributed by atoms with Crippen LogP contribution in [0, 0.1) is 0 Å². The molecule has 166 valence electrons. The van der Waals surface area contributed by atoms with Crippen LogP contribution in [0.15, 0.2) is 71.3 Å². The average molecular weight is 439 g/mol. The van der Waals surface area contributed by atoms with Crippen molar-refractivity contribution in [3.63, 3.8) is 0 Å². The van der Waals surface area contributed by atoms with E-state index in [0.29, 0.717) is 18.4 Å². The van der Waals surface area contributed by atoms with E-state index in [1.54, 1.807) is 6.20 Å². The largest absolute Gasteiger partial charge is 0.459 e. The van der Waals surface area contributed by atoms with Gasteiger partial charge in [0.1, 0.15) is 22.9 Å². The number of rotatable bonds is 5. The van der Waals surface area contributed by atoms with E-state index in [4.69, 9.17) is 15.2 Å². The molecule has 1 aliphatic rings. The summed E-state index contributed by atoms with van der Waals surface area (Å²) in [4.78, 5) is 4.34. The van der Waals surface area contributed by atoms with Crippen molar-refractivity contribution in [2.24, 2.45) is 0 Å². The van der Waals surface area contributed by atoms with Crippen LogP contribution in [0.1, 0.15) is 24.6 Å². The van der Waals surface area contributed by atoms with E-state index < -0.39 is 0 Å². The van der Waals surface area contributed by atoms with Gasteiger partial charge in [-0.2, -0.15) is 5.10 Å². The number of piperidine rings is 1. The molecule has 0 unspecified atom stereocenters. The summed E-state index contributed by atoms with van der Waals surface area (Å²) in [5.74, 6) is 1.43. The molecule has 7 nitrogen and oxygen atoms in total. The third-order valence-electron chi connectivity index (χ3n) is 6.41. The van der Waals surface area contributed by atoms with Crippen LogP contribution in [0.5, 0.6) is 0 Å². The molecule has 6 rings (SSSR count). The van der Waals surface area contributed by atoms with Crippen molar-refractivity contribution in [1.29, 1.82) is 0 Å². The fourth-order valence-corrected chi connectivity index (χ4v) is 4.70. The van der Waals surface area contributed by atoms with Gasteiger partial charge in [0.25, 0.3) is 0 Å². The van der Waals surface area contributed by atoms with Crippen molar-refractivity contribution in [2.75, 3.05) is 24.1 Å². The molecular formula is C26H26N6O. The van der Waals surface area contributed by atoms with Crippen LogP contribution >= 0.6 is 0 Å². The predicted octanol–water partition coefficient (Wildman–Crippen LogP) is 4.96. The van der Waals surface area contributed by atoms with Crippen LogP contribution in [0.3, 0.4) is 0 Å². The average Bonchev–Trinajstić information content (AvgIpc) is 3.46. The summed E-state index contributed by atoms with van der Waals surface area (Å²) in [5.41, 5.74) is 11.2. The Balaban J connectivity index is 1.27. The lowest BCUT2D eigenvalue weighted by Crippen LogP contribution is -2.29. The molecule has 1 fully saturated rings. The maximum absolute atomic E-state index is 6.31. The van der Waals surface area contributed by atoms with Crippen molar-refractivity contribution in [3.8, 4) is 11.3 Å². The summed E-state index contributed by atoms with van der Waals surface area (Å²) in [5, 5.41) is 13.9. The summed E-state index contributed by atoms with van der Waals surface area (Å²) in [6, 6.07) is 20.8. The highest BCUT2D eigenvalue weighted by atomic mass is 16.3. The van der Waals surface area contributed by atoms with Gasteiger partial charge in [0.2, 0.25) is 0 Å². The normalized spacial score (nSPS) is 14.8. The number of nitrogen functional groups attached to an aromatic ring is 1. The lowest BCUT2D eigenvalue weighted by atomic mass is 10.1. The van der Waals surface area contributed by atoms with Gasteiger partial charge in [0, 0.05) is 22.8 Å². The Morgan fingerprint density at radius 3 is 2.70 bits per heavy atom. The zero-order chi connectivity index (χ0) is 22.2. The molecule has 5 aromatic rings. The zero-order valence-electron chi connectivity index (χ0n) is 18.3. The van der Waals surface area contributed by atoms with Gasteiger partial charge in [-0.1, -0.05) is 30.3 Å². The molecule has 3 aromatic heterocycles. The lowest BCUT2D eigenvalue weighted by Gasteiger charge is -2.23. The fraction of sp³-hybridized carbons (Fsp3) is 0.231. The Morgan fingerprint density at radius 2 is 1.88 bits per heavy atom. The standard InChI is InChI=1S/C26H26N6O/c27-26-24-22(11-14-29-26)32(20-9-12-28-13-10-20)31-25(24)17-5-7-19(8-6-17)30-16-21-15-18-3-1-2-4-23(18)33-21/h1-8,11,14-15,20,28,30H,9-10,12-13,16H2,(H2,27,29). The van der Waals surface area contributed by atoms with Crippen molar-refractivity contribution in [3.05, 3.63) is 72.6 Å². The van der Waals surface area contributed by atoms with E-state index in [2.05, 4.69) is 56.7 Å². The highest BCUT2D eigenvalue weighted by Crippen LogP contribution is 2.34. The van der Waals surface area contributed by atoms with Gasteiger partial charge in [0.05, 0.1) is 23.5 Å². The van der Waals surface area contributed by atoms with Crippen molar-refractivity contribution < 1.29 is 4.42 Å². The SMILES string of the molecule is Nc1nccc2c1c(-c1ccc(NCc3cc4ccccc4o3)cc1)nn2C1CCNCC1. The second-order valence-corrected chi connectivity index (χ2v) is 8.55. The minimum Gasteiger partial charge on any atom is -0.459 e. The number of nitrogens with zero attached hydrogens (tertiary/aromatic N) is 3. The molecule has 0 spiro atoms. The van der Waals surface area contributed by atoms with E-state index in [1.807, 2.05) is 24.3 Å². The number of pyridine rings is 1. The Kier molecular flexibility index (Phi) is 4.96. The van der Waals surface area contributed by atoms with Crippen molar-refractivity contribution >= 4 is 33.4 Å². The molecule has 1 saturated heterocycles. The van der Waals surface area contributed by atoms with Crippen LogP contribution in [-0.2, 0) is 6.54 Å². The monoisotopic (exact) mass is 438 g/mol. The van der Waals surface area contributed by atoms with Crippen LogP contribution in [0.2, 0.25) is 0 Å².